The van der Waals surface area contributed by atoms with Crippen LogP contribution in [0.15, 0.2) is 48.5 Å². The molecule has 0 aliphatic rings. The van der Waals surface area contributed by atoms with E-state index in [2.05, 4.69) is 23.0 Å². The highest BCUT2D eigenvalue weighted by Crippen LogP contribution is 2.20. The molecule has 1 heterocycles. The van der Waals surface area contributed by atoms with Gasteiger partial charge in [0.2, 0.25) is 0 Å². The van der Waals surface area contributed by atoms with E-state index in [1.165, 1.54) is 5.56 Å². The minimum absolute atomic E-state index is 0.595. The van der Waals surface area contributed by atoms with Crippen molar-refractivity contribution in [3.63, 3.8) is 0 Å². The highest BCUT2D eigenvalue weighted by molar-refractivity contribution is 7.71. The van der Waals surface area contributed by atoms with Crippen LogP contribution >= 0.6 is 23.8 Å². The van der Waals surface area contributed by atoms with Gasteiger partial charge in [0.1, 0.15) is 12.4 Å². The Hall–Kier alpha value is -2.15. The fourth-order valence-electron chi connectivity index (χ4n) is 2.75. The lowest BCUT2D eigenvalue weighted by Crippen LogP contribution is -2.27. The SMILES string of the molecule is Cc1cccc(OCCN(C)Cn2nc(-c3ccc(Cl)cc3)n(C)c2=S)c1. The van der Waals surface area contributed by atoms with E-state index in [1.807, 2.05) is 65.8 Å². The molecule has 0 atom stereocenters. The van der Waals surface area contributed by atoms with E-state index in [-0.39, 0.29) is 0 Å². The van der Waals surface area contributed by atoms with Gasteiger partial charge in [-0.05, 0) is 68.2 Å². The Morgan fingerprint density at radius 2 is 1.93 bits per heavy atom. The highest BCUT2D eigenvalue weighted by atomic mass is 35.5. The molecule has 0 amide bonds. The first-order valence-electron chi connectivity index (χ1n) is 8.72. The van der Waals surface area contributed by atoms with E-state index in [0.717, 1.165) is 23.7 Å². The Balaban J connectivity index is 1.62. The second-order valence-corrected chi connectivity index (χ2v) is 7.36. The van der Waals surface area contributed by atoms with Crippen LogP contribution in [0.25, 0.3) is 11.4 Å². The summed E-state index contributed by atoms with van der Waals surface area (Å²) < 4.78 is 10.2. The van der Waals surface area contributed by atoms with Crippen LogP contribution in [0.4, 0.5) is 0 Å². The lowest BCUT2D eigenvalue weighted by molar-refractivity contribution is 0.198. The average Bonchev–Trinajstić information content (AvgIpc) is 2.91. The van der Waals surface area contributed by atoms with Gasteiger partial charge in [0.15, 0.2) is 10.6 Å². The molecule has 0 N–H and O–H groups in total. The van der Waals surface area contributed by atoms with Crippen LogP contribution in [0.1, 0.15) is 5.56 Å². The van der Waals surface area contributed by atoms with Crippen LogP contribution in [0.3, 0.4) is 0 Å². The van der Waals surface area contributed by atoms with Gasteiger partial charge in [-0.2, -0.15) is 5.10 Å². The zero-order valence-corrected chi connectivity index (χ0v) is 17.3. The van der Waals surface area contributed by atoms with E-state index >= 15 is 0 Å². The largest absolute Gasteiger partial charge is 0.492 e. The third kappa shape index (κ3) is 4.97. The molecule has 2 aromatic carbocycles. The molecule has 0 aliphatic carbocycles. The minimum Gasteiger partial charge on any atom is -0.492 e. The molecule has 0 aliphatic heterocycles. The van der Waals surface area contributed by atoms with Gasteiger partial charge in [-0.25, -0.2) is 4.68 Å². The Bertz CT molecular complexity index is 965. The van der Waals surface area contributed by atoms with Crippen LogP contribution in [0.2, 0.25) is 5.02 Å². The second kappa shape index (κ2) is 8.69. The first-order chi connectivity index (χ1) is 12.9. The molecule has 0 radical (unpaired) electrons. The molecule has 7 heteroatoms. The van der Waals surface area contributed by atoms with E-state index in [0.29, 0.717) is 23.1 Å². The van der Waals surface area contributed by atoms with Crippen LogP contribution in [-0.2, 0) is 13.7 Å². The van der Waals surface area contributed by atoms with Crippen molar-refractivity contribution in [3.8, 4) is 17.1 Å². The van der Waals surface area contributed by atoms with Crippen molar-refractivity contribution in [3.05, 3.63) is 63.9 Å². The van der Waals surface area contributed by atoms with Crippen LogP contribution in [-0.4, -0.2) is 39.4 Å². The minimum atomic E-state index is 0.595. The number of hydrogen-bond donors (Lipinski definition) is 0. The number of rotatable bonds is 7. The molecule has 3 rings (SSSR count). The number of aromatic nitrogens is 3. The number of ether oxygens (including phenoxy) is 1. The summed E-state index contributed by atoms with van der Waals surface area (Å²) in [5, 5.41) is 5.38. The molecule has 142 valence electrons. The normalized spacial score (nSPS) is 11.1. The van der Waals surface area contributed by atoms with Crippen molar-refractivity contribution in [2.45, 2.75) is 13.6 Å². The van der Waals surface area contributed by atoms with Gasteiger partial charge >= 0.3 is 0 Å². The number of aryl methyl sites for hydroxylation is 1. The summed E-state index contributed by atoms with van der Waals surface area (Å²) in [7, 11) is 3.95. The highest BCUT2D eigenvalue weighted by Gasteiger charge is 2.11. The van der Waals surface area contributed by atoms with Gasteiger partial charge in [-0.3, -0.25) is 4.90 Å². The molecule has 27 heavy (non-hydrogen) atoms. The summed E-state index contributed by atoms with van der Waals surface area (Å²) >= 11 is 11.5. The molecule has 0 fully saturated rings. The summed E-state index contributed by atoms with van der Waals surface area (Å²) in [6.07, 6.45) is 0. The Labute approximate surface area is 169 Å². The third-order valence-corrected chi connectivity index (χ3v) is 4.99. The molecule has 0 unspecified atom stereocenters. The number of benzene rings is 2. The van der Waals surface area contributed by atoms with Crippen LogP contribution in [0, 0.1) is 11.7 Å². The Morgan fingerprint density at radius 1 is 1.19 bits per heavy atom. The summed E-state index contributed by atoms with van der Waals surface area (Å²) in [6.45, 7) is 4.02. The molecule has 0 spiro atoms. The summed E-state index contributed by atoms with van der Waals surface area (Å²) in [5.41, 5.74) is 2.17. The number of nitrogens with zero attached hydrogens (tertiary/aromatic N) is 4. The number of hydrogen-bond acceptors (Lipinski definition) is 4. The second-order valence-electron chi connectivity index (χ2n) is 6.56. The Kier molecular flexibility index (Phi) is 6.31. The average molecular weight is 403 g/mol. The van der Waals surface area contributed by atoms with E-state index in [1.54, 1.807) is 0 Å². The maximum Gasteiger partial charge on any atom is 0.199 e. The van der Waals surface area contributed by atoms with Crippen molar-refractivity contribution < 1.29 is 4.74 Å². The predicted molar refractivity (Wildman–Crippen MR) is 112 cm³/mol. The van der Waals surface area contributed by atoms with E-state index in [9.17, 15) is 0 Å². The van der Waals surface area contributed by atoms with E-state index in [4.69, 9.17) is 28.6 Å². The first-order valence-corrected chi connectivity index (χ1v) is 9.50. The lowest BCUT2D eigenvalue weighted by Gasteiger charge is -2.16. The molecule has 3 aromatic rings. The molecule has 5 nitrogen and oxygen atoms in total. The summed E-state index contributed by atoms with van der Waals surface area (Å²) in [6, 6.07) is 15.7. The number of halogens is 1. The standard InChI is InChI=1S/C20H23ClN4OS/c1-15-5-4-6-18(13-15)26-12-11-23(2)14-25-20(27)24(3)19(22-25)16-7-9-17(21)10-8-16/h4-10,13H,11-12,14H2,1-3H3. The van der Waals surface area contributed by atoms with Crippen molar-refractivity contribution in [1.29, 1.82) is 0 Å². The van der Waals surface area contributed by atoms with Gasteiger partial charge in [0.05, 0.1) is 6.67 Å². The van der Waals surface area contributed by atoms with Crippen molar-refractivity contribution in [1.82, 2.24) is 19.2 Å². The zero-order valence-electron chi connectivity index (χ0n) is 15.7. The smallest absolute Gasteiger partial charge is 0.199 e. The third-order valence-electron chi connectivity index (χ3n) is 4.25. The fraction of sp³-hybridized carbons (Fsp3) is 0.300. The predicted octanol–water partition coefficient (Wildman–Crippen LogP) is 4.55. The van der Waals surface area contributed by atoms with Crippen LogP contribution < -0.4 is 4.74 Å². The van der Waals surface area contributed by atoms with Gasteiger partial charge < -0.3 is 9.30 Å². The maximum atomic E-state index is 5.97. The van der Waals surface area contributed by atoms with Crippen molar-refractivity contribution in [2.24, 2.45) is 7.05 Å². The molecular formula is C20H23ClN4OS. The zero-order chi connectivity index (χ0) is 19.4. The van der Waals surface area contributed by atoms with Crippen LogP contribution in [0.5, 0.6) is 5.75 Å². The quantitative estimate of drug-likeness (QED) is 0.543. The number of likely N-dealkylation sites (N-methyl/N-ethyl adjacent to an activating group) is 1. The molecule has 1 aromatic heterocycles. The maximum absolute atomic E-state index is 5.97. The van der Waals surface area contributed by atoms with Gasteiger partial charge in [-0.15, -0.1) is 0 Å². The monoisotopic (exact) mass is 402 g/mol. The van der Waals surface area contributed by atoms with Crippen molar-refractivity contribution >= 4 is 23.8 Å². The van der Waals surface area contributed by atoms with Gasteiger partial charge in [0.25, 0.3) is 0 Å². The first kappa shape index (κ1) is 19.6. The topological polar surface area (TPSA) is 35.2 Å². The summed E-state index contributed by atoms with van der Waals surface area (Å²) in [5.74, 6) is 1.71. The van der Waals surface area contributed by atoms with E-state index < -0.39 is 0 Å². The lowest BCUT2D eigenvalue weighted by atomic mass is 10.2. The molecule has 0 saturated carbocycles. The fourth-order valence-corrected chi connectivity index (χ4v) is 3.07. The molecular weight excluding hydrogens is 380 g/mol. The Morgan fingerprint density at radius 3 is 2.63 bits per heavy atom. The van der Waals surface area contributed by atoms with Gasteiger partial charge in [0, 0.05) is 24.2 Å². The molecule has 0 saturated heterocycles. The van der Waals surface area contributed by atoms with Gasteiger partial charge in [-0.1, -0.05) is 23.7 Å². The molecule has 0 bridgehead atoms. The van der Waals surface area contributed by atoms with Crippen molar-refractivity contribution in [2.75, 3.05) is 20.2 Å². The summed E-state index contributed by atoms with van der Waals surface area (Å²) in [4.78, 5) is 2.13.